The van der Waals surface area contributed by atoms with Gasteiger partial charge in [-0.3, -0.25) is 14.5 Å². The van der Waals surface area contributed by atoms with E-state index in [1.165, 1.54) is 12.1 Å². The Morgan fingerprint density at radius 3 is 2.17 bits per heavy atom. The molecule has 0 unspecified atom stereocenters. The van der Waals surface area contributed by atoms with E-state index in [1.54, 1.807) is 55.5 Å². The molecule has 0 aliphatic carbocycles. The largest absolute Gasteiger partial charge is 0.497 e. The van der Waals surface area contributed by atoms with Gasteiger partial charge in [0, 0.05) is 12.2 Å². The Labute approximate surface area is 174 Å². The average molecular weight is 421 g/mol. The number of likely N-dealkylation sites (N-methyl/N-ethyl adjacent to an activating group) is 1. The van der Waals surface area contributed by atoms with Crippen LogP contribution in [0.1, 0.15) is 5.56 Å². The van der Waals surface area contributed by atoms with Gasteiger partial charge in [-0.25, -0.2) is 0 Å². The second kappa shape index (κ2) is 11.7. The third kappa shape index (κ3) is 8.44. The van der Waals surface area contributed by atoms with Crippen molar-refractivity contribution in [2.45, 2.75) is 13.0 Å². The van der Waals surface area contributed by atoms with Crippen LogP contribution < -0.4 is 20.1 Å². The predicted octanol–water partition coefficient (Wildman–Crippen LogP) is 2.53. The molecule has 2 aromatic carbocycles. The highest BCUT2D eigenvalue weighted by molar-refractivity contribution is 5.92. The fourth-order valence-corrected chi connectivity index (χ4v) is 2.66. The van der Waals surface area contributed by atoms with Crippen molar-refractivity contribution in [3.8, 4) is 11.5 Å². The average Bonchev–Trinajstić information content (AvgIpc) is 2.69. The lowest BCUT2D eigenvalue weighted by Gasteiger charge is -2.16. The van der Waals surface area contributed by atoms with E-state index in [4.69, 9.17) is 4.74 Å². The fraction of sp³-hybridized carbons (Fsp3) is 0.333. The zero-order valence-electron chi connectivity index (χ0n) is 16.9. The maximum Gasteiger partial charge on any atom is 0.387 e. The number of carbonyl (C=O) groups excluding carboxylic acids is 2. The standard InChI is InChI=1S/C21H25F2N3O4/c1-26(14-20(28)25-16-5-9-17(29-2)10-6-16)13-19(27)24-12-11-15-3-7-18(8-4-15)30-21(22)23/h3-10,21H,11-14H2,1-2H3,(H,24,27)(H,25,28). The summed E-state index contributed by atoms with van der Waals surface area (Å²) in [5.41, 5.74) is 1.52. The molecule has 0 heterocycles. The summed E-state index contributed by atoms with van der Waals surface area (Å²) in [6.45, 7) is -2.34. The van der Waals surface area contributed by atoms with Gasteiger partial charge in [0.2, 0.25) is 11.8 Å². The Hall–Kier alpha value is -3.20. The fourth-order valence-electron chi connectivity index (χ4n) is 2.66. The molecule has 0 atom stereocenters. The molecular weight excluding hydrogens is 396 g/mol. The van der Waals surface area contributed by atoms with Gasteiger partial charge in [-0.05, 0) is 55.4 Å². The van der Waals surface area contributed by atoms with Crippen LogP contribution in [0.25, 0.3) is 0 Å². The molecule has 0 saturated heterocycles. The van der Waals surface area contributed by atoms with Crippen LogP contribution >= 0.6 is 0 Å². The molecule has 2 aromatic rings. The monoisotopic (exact) mass is 421 g/mol. The maximum atomic E-state index is 12.1. The van der Waals surface area contributed by atoms with Crippen molar-refractivity contribution in [2.24, 2.45) is 0 Å². The van der Waals surface area contributed by atoms with E-state index in [0.717, 1.165) is 5.56 Å². The van der Waals surface area contributed by atoms with Crippen molar-refractivity contribution in [3.63, 3.8) is 0 Å². The van der Waals surface area contributed by atoms with E-state index in [1.807, 2.05) is 0 Å². The van der Waals surface area contributed by atoms with Crippen LogP contribution in [0.5, 0.6) is 11.5 Å². The van der Waals surface area contributed by atoms with Crippen LogP contribution in [0.4, 0.5) is 14.5 Å². The van der Waals surface area contributed by atoms with E-state index >= 15 is 0 Å². The molecule has 0 aliphatic heterocycles. The van der Waals surface area contributed by atoms with Crippen molar-refractivity contribution < 1.29 is 27.8 Å². The number of nitrogens with zero attached hydrogens (tertiary/aromatic N) is 1. The summed E-state index contributed by atoms with van der Waals surface area (Å²) in [5, 5.41) is 5.52. The van der Waals surface area contributed by atoms with E-state index < -0.39 is 6.61 Å². The first-order valence-electron chi connectivity index (χ1n) is 9.28. The summed E-state index contributed by atoms with van der Waals surface area (Å²) in [6.07, 6.45) is 0.544. The molecule has 0 fully saturated rings. The van der Waals surface area contributed by atoms with Crippen molar-refractivity contribution in [2.75, 3.05) is 39.1 Å². The van der Waals surface area contributed by atoms with Gasteiger partial charge in [0.15, 0.2) is 0 Å². The highest BCUT2D eigenvalue weighted by atomic mass is 19.3. The van der Waals surface area contributed by atoms with Crippen LogP contribution in [-0.4, -0.2) is 57.1 Å². The molecule has 2 rings (SSSR count). The third-order valence-electron chi connectivity index (χ3n) is 4.09. The Bertz CT molecular complexity index is 814. The SMILES string of the molecule is COc1ccc(NC(=O)CN(C)CC(=O)NCCc2ccc(OC(F)F)cc2)cc1. The molecule has 0 saturated carbocycles. The molecule has 0 radical (unpaired) electrons. The molecule has 0 spiro atoms. The number of nitrogens with one attached hydrogen (secondary N) is 2. The summed E-state index contributed by atoms with van der Waals surface area (Å²) < 4.78 is 33.6. The normalized spacial score (nSPS) is 10.7. The number of carbonyl (C=O) groups is 2. The van der Waals surface area contributed by atoms with Crippen molar-refractivity contribution in [1.29, 1.82) is 0 Å². The summed E-state index contributed by atoms with van der Waals surface area (Å²) >= 11 is 0. The molecule has 0 aromatic heterocycles. The van der Waals surface area contributed by atoms with E-state index in [0.29, 0.717) is 24.4 Å². The third-order valence-corrected chi connectivity index (χ3v) is 4.09. The summed E-state index contributed by atoms with van der Waals surface area (Å²) in [4.78, 5) is 25.7. The van der Waals surface area contributed by atoms with E-state index in [2.05, 4.69) is 15.4 Å². The smallest absolute Gasteiger partial charge is 0.387 e. The molecule has 0 bridgehead atoms. The van der Waals surface area contributed by atoms with Crippen molar-refractivity contribution >= 4 is 17.5 Å². The van der Waals surface area contributed by atoms with Crippen LogP contribution in [0.3, 0.4) is 0 Å². The van der Waals surface area contributed by atoms with Gasteiger partial charge >= 0.3 is 6.61 Å². The van der Waals surface area contributed by atoms with Crippen LogP contribution in [0.15, 0.2) is 48.5 Å². The lowest BCUT2D eigenvalue weighted by molar-refractivity contribution is -0.122. The molecule has 30 heavy (non-hydrogen) atoms. The van der Waals surface area contributed by atoms with E-state index in [-0.39, 0.29) is 30.7 Å². The second-order valence-electron chi connectivity index (χ2n) is 6.57. The summed E-state index contributed by atoms with van der Waals surface area (Å²) in [7, 11) is 3.24. The lowest BCUT2D eigenvalue weighted by Crippen LogP contribution is -2.39. The first-order valence-corrected chi connectivity index (χ1v) is 9.28. The highest BCUT2D eigenvalue weighted by Crippen LogP contribution is 2.15. The quantitative estimate of drug-likeness (QED) is 0.583. The van der Waals surface area contributed by atoms with Gasteiger partial charge in [-0.1, -0.05) is 12.1 Å². The number of anilines is 1. The Balaban J connectivity index is 1.66. The van der Waals surface area contributed by atoms with Crippen LogP contribution in [-0.2, 0) is 16.0 Å². The molecular formula is C21H25F2N3O4. The highest BCUT2D eigenvalue weighted by Gasteiger charge is 2.11. The number of halogens is 2. The van der Waals surface area contributed by atoms with Gasteiger partial charge in [0.25, 0.3) is 0 Å². The number of hydrogen-bond donors (Lipinski definition) is 2. The molecule has 162 valence electrons. The first-order chi connectivity index (χ1) is 14.4. The lowest BCUT2D eigenvalue weighted by atomic mass is 10.1. The number of amides is 2. The number of benzene rings is 2. The van der Waals surface area contributed by atoms with Gasteiger partial charge in [-0.2, -0.15) is 8.78 Å². The zero-order valence-corrected chi connectivity index (χ0v) is 16.9. The second-order valence-corrected chi connectivity index (χ2v) is 6.57. The maximum absolute atomic E-state index is 12.1. The van der Waals surface area contributed by atoms with Crippen LogP contribution in [0, 0.1) is 0 Å². The number of alkyl halides is 2. The van der Waals surface area contributed by atoms with Crippen LogP contribution in [0.2, 0.25) is 0 Å². The Morgan fingerprint density at radius 1 is 0.967 bits per heavy atom. The molecule has 7 nitrogen and oxygen atoms in total. The minimum absolute atomic E-state index is 0.0606. The Morgan fingerprint density at radius 2 is 1.57 bits per heavy atom. The minimum atomic E-state index is -2.86. The zero-order chi connectivity index (χ0) is 21.9. The molecule has 0 aliphatic rings. The van der Waals surface area contributed by atoms with Gasteiger partial charge in [-0.15, -0.1) is 0 Å². The van der Waals surface area contributed by atoms with Crippen molar-refractivity contribution in [1.82, 2.24) is 10.2 Å². The van der Waals surface area contributed by atoms with Gasteiger partial charge < -0.3 is 20.1 Å². The molecule has 2 amide bonds. The number of ether oxygens (including phenoxy) is 2. The van der Waals surface area contributed by atoms with E-state index in [9.17, 15) is 18.4 Å². The molecule has 2 N–H and O–H groups in total. The topological polar surface area (TPSA) is 79.9 Å². The minimum Gasteiger partial charge on any atom is -0.497 e. The van der Waals surface area contributed by atoms with Gasteiger partial charge in [0.05, 0.1) is 20.2 Å². The number of hydrogen-bond acceptors (Lipinski definition) is 5. The summed E-state index contributed by atoms with van der Waals surface area (Å²) in [6, 6.07) is 13.2. The first kappa shape index (κ1) is 23.1. The van der Waals surface area contributed by atoms with Gasteiger partial charge in [0.1, 0.15) is 11.5 Å². The predicted molar refractivity (Wildman–Crippen MR) is 109 cm³/mol. The van der Waals surface area contributed by atoms with Crippen molar-refractivity contribution in [3.05, 3.63) is 54.1 Å². The number of methoxy groups -OCH3 is 1. The summed E-state index contributed by atoms with van der Waals surface area (Å²) in [5.74, 6) is 0.334. The molecule has 9 heteroatoms. The Kier molecular flexibility index (Phi) is 9.02. The number of rotatable bonds is 11.